The van der Waals surface area contributed by atoms with E-state index < -0.39 is 23.2 Å². The molecule has 0 aliphatic heterocycles. The zero-order valence-corrected chi connectivity index (χ0v) is 11.5. The largest absolute Gasteiger partial charge is 0.360 e. The van der Waals surface area contributed by atoms with Crippen molar-refractivity contribution in [2.45, 2.75) is 12.7 Å². The predicted octanol–water partition coefficient (Wildman–Crippen LogP) is 3.13. The van der Waals surface area contributed by atoms with Gasteiger partial charge in [0.25, 0.3) is 0 Å². The van der Waals surface area contributed by atoms with E-state index in [0.717, 1.165) is 17.8 Å². The maximum absolute atomic E-state index is 13.3. The van der Waals surface area contributed by atoms with E-state index >= 15 is 0 Å². The molecule has 1 amide bonds. The molecule has 0 radical (unpaired) electrons. The highest BCUT2D eigenvalue weighted by Crippen LogP contribution is 2.19. The van der Waals surface area contributed by atoms with Crippen LogP contribution >= 0.6 is 11.8 Å². The first-order valence-electron chi connectivity index (χ1n) is 5.80. The normalized spacial score (nSPS) is 10.6. The summed E-state index contributed by atoms with van der Waals surface area (Å²) in [4.78, 5) is 11.6. The van der Waals surface area contributed by atoms with Gasteiger partial charge in [-0.15, -0.1) is 11.8 Å². The van der Waals surface area contributed by atoms with Gasteiger partial charge in [-0.05, 0) is 19.1 Å². The summed E-state index contributed by atoms with van der Waals surface area (Å²) in [5, 5.41) is 5.93. The van der Waals surface area contributed by atoms with Crippen molar-refractivity contribution in [1.29, 1.82) is 0 Å². The first kappa shape index (κ1) is 14.5. The summed E-state index contributed by atoms with van der Waals surface area (Å²) in [7, 11) is 0. The number of rotatable bonds is 5. The van der Waals surface area contributed by atoms with Crippen LogP contribution in [0.4, 0.5) is 14.5 Å². The van der Waals surface area contributed by atoms with Crippen molar-refractivity contribution in [2.75, 3.05) is 11.1 Å². The molecule has 0 aliphatic rings. The van der Waals surface area contributed by atoms with Crippen LogP contribution in [0.3, 0.4) is 0 Å². The Labute approximate surface area is 118 Å². The van der Waals surface area contributed by atoms with Crippen LogP contribution < -0.4 is 5.32 Å². The van der Waals surface area contributed by atoms with Gasteiger partial charge in [-0.2, -0.15) is 0 Å². The minimum absolute atomic E-state index is 0.0630. The number of amides is 1. The molecule has 0 spiro atoms. The summed E-state index contributed by atoms with van der Waals surface area (Å²) in [5.74, 6) is -0.891. The van der Waals surface area contributed by atoms with Crippen LogP contribution in [0, 0.1) is 18.6 Å². The summed E-state index contributed by atoms with van der Waals surface area (Å²) >= 11 is 1.27. The number of thioether (sulfide) groups is 1. The third kappa shape index (κ3) is 3.80. The van der Waals surface area contributed by atoms with Crippen molar-refractivity contribution < 1.29 is 18.1 Å². The molecule has 1 aromatic heterocycles. The number of para-hydroxylation sites is 1. The number of carbonyl (C=O) groups excluding carboxylic acids is 1. The van der Waals surface area contributed by atoms with Crippen LogP contribution in [0.5, 0.6) is 0 Å². The Morgan fingerprint density at radius 2 is 2.10 bits per heavy atom. The minimum Gasteiger partial charge on any atom is -0.360 e. The van der Waals surface area contributed by atoms with Crippen LogP contribution in [0.1, 0.15) is 11.5 Å². The second kappa shape index (κ2) is 6.51. The van der Waals surface area contributed by atoms with Gasteiger partial charge in [0, 0.05) is 6.07 Å². The number of carbonyl (C=O) groups is 1. The second-order valence-corrected chi connectivity index (χ2v) is 5.06. The van der Waals surface area contributed by atoms with Crippen LogP contribution in [-0.2, 0) is 10.5 Å². The lowest BCUT2D eigenvalue weighted by Gasteiger charge is -2.06. The fraction of sp³-hybridized carbons (Fsp3) is 0.231. The standard InChI is InChI=1S/C13H12F2N2O2S/c1-8-5-9(19-17-8)6-20-7-12(18)16-13-10(14)3-2-4-11(13)15/h2-5H,6-7H2,1H3,(H,16,18). The Morgan fingerprint density at radius 3 is 2.70 bits per heavy atom. The van der Waals surface area contributed by atoms with Gasteiger partial charge in [0.05, 0.1) is 17.2 Å². The van der Waals surface area contributed by atoms with Gasteiger partial charge in [0.2, 0.25) is 5.91 Å². The maximum Gasteiger partial charge on any atom is 0.234 e. The average Bonchev–Trinajstić information content (AvgIpc) is 2.80. The molecule has 2 aromatic rings. The molecule has 106 valence electrons. The monoisotopic (exact) mass is 298 g/mol. The van der Waals surface area contributed by atoms with E-state index in [9.17, 15) is 13.6 Å². The maximum atomic E-state index is 13.3. The minimum atomic E-state index is -0.797. The molecule has 0 fully saturated rings. The molecule has 7 heteroatoms. The smallest absolute Gasteiger partial charge is 0.234 e. The summed E-state index contributed by atoms with van der Waals surface area (Å²) in [6.45, 7) is 1.80. The van der Waals surface area contributed by atoms with Crippen LogP contribution in [0.2, 0.25) is 0 Å². The van der Waals surface area contributed by atoms with E-state index in [2.05, 4.69) is 10.5 Å². The van der Waals surface area contributed by atoms with Gasteiger partial charge >= 0.3 is 0 Å². The van der Waals surface area contributed by atoms with Gasteiger partial charge in [-0.3, -0.25) is 4.79 Å². The molecule has 0 aliphatic carbocycles. The number of aromatic nitrogens is 1. The Bertz CT molecular complexity index is 596. The lowest BCUT2D eigenvalue weighted by molar-refractivity contribution is -0.113. The predicted molar refractivity (Wildman–Crippen MR) is 72.4 cm³/mol. The summed E-state index contributed by atoms with van der Waals surface area (Å²) < 4.78 is 31.6. The molecule has 0 saturated heterocycles. The molecule has 0 bridgehead atoms. The molecule has 1 N–H and O–H groups in total. The van der Waals surface area contributed by atoms with Crippen molar-refractivity contribution in [3.05, 3.63) is 47.4 Å². The van der Waals surface area contributed by atoms with E-state index in [1.54, 1.807) is 13.0 Å². The quantitative estimate of drug-likeness (QED) is 0.921. The molecule has 0 unspecified atom stereocenters. The lowest BCUT2D eigenvalue weighted by atomic mass is 10.3. The Balaban J connectivity index is 1.84. The highest BCUT2D eigenvalue weighted by molar-refractivity contribution is 7.99. The van der Waals surface area contributed by atoms with Gasteiger partial charge in [-0.1, -0.05) is 11.2 Å². The molecule has 4 nitrogen and oxygen atoms in total. The fourth-order valence-electron chi connectivity index (χ4n) is 1.52. The van der Waals surface area contributed by atoms with Crippen LogP contribution in [0.15, 0.2) is 28.8 Å². The number of nitrogens with one attached hydrogen (secondary N) is 1. The number of hydrogen-bond acceptors (Lipinski definition) is 4. The van der Waals surface area contributed by atoms with Crippen molar-refractivity contribution in [1.82, 2.24) is 5.16 Å². The van der Waals surface area contributed by atoms with E-state index in [1.165, 1.54) is 17.8 Å². The molecule has 20 heavy (non-hydrogen) atoms. The third-order valence-electron chi connectivity index (χ3n) is 2.38. The summed E-state index contributed by atoms with van der Waals surface area (Å²) in [6.07, 6.45) is 0. The van der Waals surface area contributed by atoms with Crippen molar-refractivity contribution in [3.63, 3.8) is 0 Å². The Hall–Kier alpha value is -1.89. The van der Waals surface area contributed by atoms with Crippen LogP contribution in [0.25, 0.3) is 0 Å². The zero-order valence-electron chi connectivity index (χ0n) is 10.7. The van der Waals surface area contributed by atoms with Gasteiger partial charge in [0.15, 0.2) is 0 Å². The number of anilines is 1. The van der Waals surface area contributed by atoms with E-state index in [-0.39, 0.29) is 5.75 Å². The highest BCUT2D eigenvalue weighted by atomic mass is 32.2. The molecule has 0 saturated carbocycles. The Morgan fingerprint density at radius 1 is 1.40 bits per heavy atom. The molecule has 1 heterocycles. The van der Waals surface area contributed by atoms with E-state index in [4.69, 9.17) is 4.52 Å². The highest BCUT2D eigenvalue weighted by Gasteiger charge is 2.12. The van der Waals surface area contributed by atoms with Gasteiger partial charge in [-0.25, -0.2) is 8.78 Å². The third-order valence-corrected chi connectivity index (χ3v) is 3.34. The number of aryl methyl sites for hydroxylation is 1. The van der Waals surface area contributed by atoms with E-state index in [1.807, 2.05) is 0 Å². The molecule has 2 rings (SSSR count). The first-order valence-corrected chi connectivity index (χ1v) is 6.95. The van der Waals surface area contributed by atoms with E-state index in [0.29, 0.717) is 11.5 Å². The van der Waals surface area contributed by atoms with Crippen LogP contribution in [-0.4, -0.2) is 16.8 Å². The Kier molecular flexibility index (Phi) is 4.73. The van der Waals surface area contributed by atoms with Crippen molar-refractivity contribution >= 4 is 23.4 Å². The second-order valence-electron chi connectivity index (χ2n) is 4.07. The molecule has 1 aromatic carbocycles. The number of hydrogen-bond donors (Lipinski definition) is 1. The molecule has 0 atom stereocenters. The fourth-order valence-corrected chi connectivity index (χ4v) is 2.22. The molecular formula is C13H12F2N2O2S. The SMILES string of the molecule is Cc1cc(CSCC(=O)Nc2c(F)cccc2F)on1. The van der Waals surface area contributed by atoms with Crippen molar-refractivity contribution in [3.8, 4) is 0 Å². The zero-order chi connectivity index (χ0) is 14.5. The topological polar surface area (TPSA) is 55.1 Å². The average molecular weight is 298 g/mol. The summed E-state index contributed by atoms with van der Waals surface area (Å²) in [6, 6.07) is 5.18. The number of benzene rings is 1. The first-order chi connectivity index (χ1) is 9.56. The number of nitrogens with zero attached hydrogens (tertiary/aromatic N) is 1. The molecular weight excluding hydrogens is 286 g/mol. The number of halogens is 2. The lowest BCUT2D eigenvalue weighted by Crippen LogP contribution is -2.16. The van der Waals surface area contributed by atoms with Gasteiger partial charge in [0.1, 0.15) is 23.1 Å². The van der Waals surface area contributed by atoms with Gasteiger partial charge < -0.3 is 9.84 Å². The van der Waals surface area contributed by atoms with Crippen molar-refractivity contribution in [2.24, 2.45) is 0 Å². The summed E-state index contributed by atoms with van der Waals surface area (Å²) in [5.41, 5.74) is 0.340.